The molecule has 1 aliphatic heterocycles. The largest absolute Gasteiger partial charge is 0.379 e. The lowest BCUT2D eigenvalue weighted by atomic mass is 10.2. The van der Waals surface area contributed by atoms with Gasteiger partial charge in [0, 0.05) is 29.6 Å². The molecule has 1 fully saturated rings. The predicted octanol–water partition coefficient (Wildman–Crippen LogP) is 2.77. The molecule has 1 aliphatic rings. The molecule has 0 atom stereocenters. The van der Waals surface area contributed by atoms with Gasteiger partial charge in [-0.3, -0.25) is 4.79 Å². The van der Waals surface area contributed by atoms with E-state index in [0.29, 0.717) is 43.6 Å². The van der Waals surface area contributed by atoms with Crippen molar-refractivity contribution in [2.75, 3.05) is 32.1 Å². The van der Waals surface area contributed by atoms with E-state index in [-0.39, 0.29) is 10.8 Å². The number of nitrogens with zero attached hydrogens (tertiary/aromatic N) is 1. The highest BCUT2D eigenvalue weighted by Crippen LogP contribution is 2.20. The van der Waals surface area contributed by atoms with Gasteiger partial charge in [0.1, 0.15) is 0 Å². The fourth-order valence-corrected chi connectivity index (χ4v) is 4.91. The van der Waals surface area contributed by atoms with Crippen LogP contribution in [0.4, 0.5) is 0 Å². The van der Waals surface area contributed by atoms with E-state index in [1.165, 1.54) is 16.1 Å². The first-order chi connectivity index (χ1) is 13.4. The van der Waals surface area contributed by atoms with E-state index < -0.39 is 10.0 Å². The average Bonchev–Trinajstić information content (AvgIpc) is 2.73. The van der Waals surface area contributed by atoms with E-state index in [2.05, 4.69) is 5.32 Å². The number of benzene rings is 2. The van der Waals surface area contributed by atoms with Crippen molar-refractivity contribution < 1.29 is 17.9 Å². The Morgan fingerprint density at radius 3 is 2.36 bits per heavy atom. The van der Waals surface area contributed by atoms with Gasteiger partial charge in [-0.25, -0.2) is 8.42 Å². The average molecular weight is 441 g/mol. The van der Waals surface area contributed by atoms with Gasteiger partial charge in [-0.2, -0.15) is 4.31 Å². The summed E-state index contributed by atoms with van der Waals surface area (Å²) in [4.78, 5) is 13.2. The van der Waals surface area contributed by atoms with Crippen LogP contribution in [-0.2, 0) is 26.1 Å². The van der Waals surface area contributed by atoms with Crippen LogP contribution >= 0.6 is 23.4 Å². The summed E-state index contributed by atoms with van der Waals surface area (Å²) in [6.45, 7) is 1.91. The van der Waals surface area contributed by atoms with Crippen molar-refractivity contribution >= 4 is 39.3 Å². The molecule has 1 heterocycles. The second kappa shape index (κ2) is 9.76. The van der Waals surface area contributed by atoms with Gasteiger partial charge in [-0.1, -0.05) is 23.7 Å². The minimum atomic E-state index is -3.50. The molecule has 0 spiro atoms. The predicted molar refractivity (Wildman–Crippen MR) is 110 cm³/mol. The summed E-state index contributed by atoms with van der Waals surface area (Å²) >= 11 is 7.27. The number of thioether (sulfide) groups is 1. The fraction of sp³-hybridized carbons (Fsp3) is 0.316. The molecule has 6 nitrogen and oxygen atoms in total. The molecule has 9 heteroatoms. The first-order valence-electron chi connectivity index (χ1n) is 8.77. The third-order valence-corrected chi connectivity index (χ3v) is 7.38. The molecule has 1 saturated heterocycles. The van der Waals surface area contributed by atoms with Crippen molar-refractivity contribution in [3.63, 3.8) is 0 Å². The number of carbonyl (C=O) groups is 1. The Labute approximate surface area is 174 Å². The number of morpholine rings is 1. The van der Waals surface area contributed by atoms with Crippen LogP contribution in [0, 0.1) is 0 Å². The lowest BCUT2D eigenvalue weighted by molar-refractivity contribution is -0.118. The molecule has 1 amide bonds. The van der Waals surface area contributed by atoms with Gasteiger partial charge in [0.15, 0.2) is 0 Å². The van der Waals surface area contributed by atoms with Gasteiger partial charge in [0.25, 0.3) is 0 Å². The summed E-state index contributed by atoms with van der Waals surface area (Å²) < 4.78 is 31.8. The molecular formula is C19H21ClN2O4S2. The summed E-state index contributed by atoms with van der Waals surface area (Å²) in [5, 5.41) is 3.50. The van der Waals surface area contributed by atoms with E-state index in [0.717, 1.165) is 10.5 Å². The fourth-order valence-electron chi connectivity index (χ4n) is 2.65. The molecule has 2 aromatic carbocycles. The minimum absolute atomic E-state index is 0.0926. The highest BCUT2D eigenvalue weighted by atomic mass is 35.5. The van der Waals surface area contributed by atoms with Crippen molar-refractivity contribution in [1.82, 2.24) is 9.62 Å². The molecule has 0 aromatic heterocycles. The maximum atomic E-state index is 12.6. The first-order valence-corrected chi connectivity index (χ1v) is 11.6. The number of halogens is 1. The number of nitrogens with one attached hydrogen (secondary N) is 1. The van der Waals surface area contributed by atoms with Crippen molar-refractivity contribution in [2.24, 2.45) is 0 Å². The maximum absolute atomic E-state index is 12.6. The lowest BCUT2D eigenvalue weighted by Crippen LogP contribution is -2.40. The molecule has 1 N–H and O–H groups in total. The molecule has 2 aromatic rings. The summed E-state index contributed by atoms with van der Waals surface area (Å²) in [5.74, 6) is 0.204. The Morgan fingerprint density at radius 2 is 1.71 bits per heavy atom. The number of hydrogen-bond acceptors (Lipinski definition) is 5. The number of carbonyl (C=O) groups excluding carboxylic acids is 1. The van der Waals surface area contributed by atoms with Crippen LogP contribution in [0.3, 0.4) is 0 Å². The monoisotopic (exact) mass is 440 g/mol. The summed E-state index contributed by atoms with van der Waals surface area (Å²) in [6.07, 6.45) is 0. The second-order valence-electron chi connectivity index (χ2n) is 6.18. The van der Waals surface area contributed by atoms with Gasteiger partial charge in [-0.15, -0.1) is 11.8 Å². The number of rotatable bonds is 7. The molecular weight excluding hydrogens is 420 g/mol. The number of amides is 1. The van der Waals surface area contributed by atoms with Gasteiger partial charge < -0.3 is 10.1 Å². The summed E-state index contributed by atoms with van der Waals surface area (Å²) in [6, 6.07) is 13.9. The Hall–Kier alpha value is -1.58. The van der Waals surface area contributed by atoms with Crippen molar-refractivity contribution in [1.29, 1.82) is 0 Å². The summed E-state index contributed by atoms with van der Waals surface area (Å²) in [7, 11) is -3.50. The van der Waals surface area contributed by atoms with Crippen LogP contribution in [-0.4, -0.2) is 50.7 Å². The Morgan fingerprint density at radius 1 is 1.07 bits per heavy atom. The third-order valence-electron chi connectivity index (χ3n) is 4.20. The molecule has 0 saturated carbocycles. The quantitative estimate of drug-likeness (QED) is 0.670. The van der Waals surface area contributed by atoms with Gasteiger partial charge in [-0.05, 0) is 42.0 Å². The Balaban J connectivity index is 1.49. The van der Waals surface area contributed by atoms with Gasteiger partial charge in [0.2, 0.25) is 15.9 Å². The summed E-state index contributed by atoms with van der Waals surface area (Å²) in [5.41, 5.74) is 0.839. The molecule has 0 radical (unpaired) electrons. The Bertz CT molecular complexity index is 897. The molecule has 0 aliphatic carbocycles. The molecule has 0 unspecified atom stereocenters. The smallest absolute Gasteiger partial charge is 0.243 e. The van der Waals surface area contributed by atoms with Crippen LogP contribution in [0.5, 0.6) is 0 Å². The SMILES string of the molecule is O=C(CSc1ccc(Cl)cc1)NCc1ccc(S(=O)(=O)N2CCOCC2)cc1. The minimum Gasteiger partial charge on any atom is -0.379 e. The Kier molecular flexibility index (Phi) is 7.36. The highest BCUT2D eigenvalue weighted by Gasteiger charge is 2.26. The zero-order valence-corrected chi connectivity index (χ0v) is 17.5. The van der Waals surface area contributed by atoms with Crippen molar-refractivity contribution in [3.05, 3.63) is 59.1 Å². The van der Waals surface area contributed by atoms with Crippen LogP contribution in [0.15, 0.2) is 58.3 Å². The van der Waals surface area contributed by atoms with E-state index in [1.54, 1.807) is 36.4 Å². The zero-order chi connectivity index (χ0) is 20.0. The zero-order valence-electron chi connectivity index (χ0n) is 15.1. The molecule has 28 heavy (non-hydrogen) atoms. The van der Waals surface area contributed by atoms with E-state index >= 15 is 0 Å². The first kappa shape index (κ1) is 21.1. The normalized spacial score (nSPS) is 15.3. The topological polar surface area (TPSA) is 75.7 Å². The molecule has 150 valence electrons. The second-order valence-corrected chi connectivity index (χ2v) is 9.60. The van der Waals surface area contributed by atoms with E-state index in [4.69, 9.17) is 16.3 Å². The third kappa shape index (κ3) is 5.71. The number of hydrogen-bond donors (Lipinski definition) is 1. The molecule has 0 bridgehead atoms. The van der Waals surface area contributed by atoms with E-state index in [1.807, 2.05) is 12.1 Å². The number of sulfonamides is 1. The standard InChI is InChI=1S/C19H21ClN2O4S2/c20-16-3-5-17(6-4-16)27-14-19(23)21-13-15-1-7-18(8-2-15)28(24,25)22-9-11-26-12-10-22/h1-8H,9-14H2,(H,21,23). The van der Waals surface area contributed by atoms with Crippen LogP contribution in [0.25, 0.3) is 0 Å². The van der Waals surface area contributed by atoms with Gasteiger partial charge >= 0.3 is 0 Å². The van der Waals surface area contributed by atoms with Crippen molar-refractivity contribution in [2.45, 2.75) is 16.3 Å². The van der Waals surface area contributed by atoms with Crippen LogP contribution in [0.2, 0.25) is 5.02 Å². The maximum Gasteiger partial charge on any atom is 0.243 e. The van der Waals surface area contributed by atoms with Crippen LogP contribution in [0.1, 0.15) is 5.56 Å². The highest BCUT2D eigenvalue weighted by molar-refractivity contribution is 8.00. The molecule has 3 rings (SSSR count). The van der Waals surface area contributed by atoms with Gasteiger partial charge in [0.05, 0.1) is 23.9 Å². The lowest BCUT2D eigenvalue weighted by Gasteiger charge is -2.26. The van der Waals surface area contributed by atoms with E-state index in [9.17, 15) is 13.2 Å². The van der Waals surface area contributed by atoms with Crippen LogP contribution < -0.4 is 5.32 Å². The van der Waals surface area contributed by atoms with Crippen molar-refractivity contribution in [3.8, 4) is 0 Å². The number of ether oxygens (including phenoxy) is 1.